The number of terminal acetylenes is 1. The zero-order valence-electron chi connectivity index (χ0n) is 10.4. The number of sulfonamides is 1. The molecule has 0 amide bonds. The maximum absolute atomic E-state index is 12.4. The van der Waals surface area contributed by atoms with Crippen LogP contribution in [0.1, 0.15) is 13.8 Å². The van der Waals surface area contributed by atoms with E-state index in [0.717, 1.165) is 0 Å². The van der Waals surface area contributed by atoms with Crippen molar-refractivity contribution in [1.29, 1.82) is 0 Å². The molecule has 0 saturated heterocycles. The third kappa shape index (κ3) is 2.59. The largest absolute Gasteiger partial charge is 0.288 e. The number of hydrogen-bond acceptors (Lipinski definition) is 3. The molecule has 0 saturated carbocycles. The fourth-order valence-corrected chi connectivity index (χ4v) is 3.59. The molecule has 2 heterocycles. The lowest BCUT2D eigenvalue weighted by Gasteiger charge is -2.19. The van der Waals surface area contributed by atoms with Crippen LogP contribution >= 0.6 is 11.6 Å². The Morgan fingerprint density at radius 3 is 2.79 bits per heavy atom. The van der Waals surface area contributed by atoms with Gasteiger partial charge in [0.05, 0.1) is 5.54 Å². The number of pyridine rings is 1. The number of hydrogen-bond donors (Lipinski definition) is 1. The number of nitrogens with zero attached hydrogens (tertiary/aromatic N) is 2. The van der Waals surface area contributed by atoms with Crippen LogP contribution < -0.4 is 4.72 Å². The summed E-state index contributed by atoms with van der Waals surface area (Å²) in [5.41, 5.74) is -0.562. The maximum Gasteiger partial charge on any atom is 0.261 e. The van der Waals surface area contributed by atoms with Gasteiger partial charge in [-0.15, -0.1) is 6.42 Å². The summed E-state index contributed by atoms with van der Waals surface area (Å²) in [5, 5.41) is -0.209. The fraction of sp³-hybridized carbons (Fsp3) is 0.250. The third-order valence-electron chi connectivity index (χ3n) is 2.45. The van der Waals surface area contributed by atoms with Crippen LogP contribution in [0.2, 0.25) is 5.15 Å². The van der Waals surface area contributed by atoms with Crippen LogP contribution in [-0.2, 0) is 10.0 Å². The Bertz CT molecular complexity index is 772. The molecule has 0 spiro atoms. The van der Waals surface area contributed by atoms with Crippen molar-refractivity contribution in [1.82, 2.24) is 14.1 Å². The molecule has 0 atom stereocenters. The molecule has 0 aromatic carbocycles. The van der Waals surface area contributed by atoms with Crippen LogP contribution in [0.15, 0.2) is 29.4 Å². The molecule has 0 fully saturated rings. The lowest BCUT2D eigenvalue weighted by atomic mass is 10.1. The predicted octanol–water partition coefficient (Wildman–Crippen LogP) is 1.68. The monoisotopic (exact) mass is 297 g/mol. The van der Waals surface area contributed by atoms with E-state index in [0.29, 0.717) is 5.65 Å². The van der Waals surface area contributed by atoms with Crippen molar-refractivity contribution in [2.75, 3.05) is 0 Å². The lowest BCUT2D eigenvalue weighted by Crippen LogP contribution is -2.42. The van der Waals surface area contributed by atoms with Crippen LogP contribution in [0.5, 0.6) is 0 Å². The van der Waals surface area contributed by atoms with E-state index >= 15 is 0 Å². The number of aromatic nitrogens is 2. The molecule has 0 aliphatic carbocycles. The molecule has 19 heavy (non-hydrogen) atoms. The standard InChI is InChI=1S/C12H12ClN3O2S/c1-4-12(2,3)15-19(17,18)11-10(13)14-9-7-5-6-8-16(9)11/h1,5-8,15H,2-3H3. The van der Waals surface area contributed by atoms with Gasteiger partial charge in [-0.2, -0.15) is 4.72 Å². The average molecular weight is 298 g/mol. The molecule has 2 aromatic rings. The van der Waals surface area contributed by atoms with E-state index in [2.05, 4.69) is 15.6 Å². The maximum atomic E-state index is 12.4. The summed E-state index contributed by atoms with van der Waals surface area (Å²) in [6, 6.07) is 5.10. The van der Waals surface area contributed by atoms with Gasteiger partial charge >= 0.3 is 0 Å². The highest BCUT2D eigenvalue weighted by molar-refractivity contribution is 7.89. The van der Waals surface area contributed by atoms with E-state index in [4.69, 9.17) is 18.0 Å². The van der Waals surface area contributed by atoms with Gasteiger partial charge < -0.3 is 0 Å². The highest BCUT2D eigenvalue weighted by atomic mass is 35.5. The molecule has 2 aromatic heterocycles. The van der Waals surface area contributed by atoms with E-state index in [9.17, 15) is 8.42 Å². The summed E-state index contributed by atoms with van der Waals surface area (Å²) >= 11 is 5.92. The van der Waals surface area contributed by atoms with Crippen molar-refractivity contribution in [2.45, 2.75) is 24.4 Å². The number of nitrogens with one attached hydrogen (secondary N) is 1. The molecule has 0 unspecified atom stereocenters. The normalized spacial score (nSPS) is 12.5. The zero-order valence-corrected chi connectivity index (χ0v) is 12.0. The van der Waals surface area contributed by atoms with Gasteiger partial charge in [-0.1, -0.05) is 23.6 Å². The quantitative estimate of drug-likeness (QED) is 0.877. The molecule has 0 bridgehead atoms. The van der Waals surface area contributed by atoms with Crippen molar-refractivity contribution in [3.8, 4) is 12.3 Å². The SMILES string of the molecule is C#CC(C)(C)NS(=O)(=O)c1c(Cl)nc2ccccn12. The van der Waals surface area contributed by atoms with E-state index < -0.39 is 15.6 Å². The molecule has 100 valence electrons. The first kappa shape index (κ1) is 13.9. The van der Waals surface area contributed by atoms with E-state index in [1.807, 2.05) is 0 Å². The Kier molecular flexibility index (Phi) is 3.31. The van der Waals surface area contributed by atoms with Crippen LogP contribution in [0.4, 0.5) is 0 Å². The molecule has 5 nitrogen and oxygen atoms in total. The average Bonchev–Trinajstić information content (AvgIpc) is 2.64. The Labute approximate surface area is 116 Å². The Morgan fingerprint density at radius 1 is 1.47 bits per heavy atom. The molecule has 1 N–H and O–H groups in total. The molecule has 7 heteroatoms. The highest BCUT2D eigenvalue weighted by Crippen LogP contribution is 2.23. The smallest absolute Gasteiger partial charge is 0.261 e. The number of imidazole rings is 1. The number of rotatable bonds is 3. The van der Waals surface area contributed by atoms with Crippen LogP contribution in [0.25, 0.3) is 5.65 Å². The van der Waals surface area contributed by atoms with Crippen LogP contribution in [0, 0.1) is 12.3 Å². The molecule has 0 aliphatic rings. The van der Waals surface area contributed by atoms with Gasteiger partial charge in [0.15, 0.2) is 10.2 Å². The second-order valence-corrected chi connectivity index (χ2v) is 6.47. The van der Waals surface area contributed by atoms with Crippen molar-refractivity contribution in [3.05, 3.63) is 29.5 Å². The number of halogens is 1. The molecular formula is C12H12ClN3O2S. The first-order chi connectivity index (χ1) is 8.77. The Morgan fingerprint density at radius 2 is 2.16 bits per heavy atom. The van der Waals surface area contributed by atoms with Crippen molar-refractivity contribution >= 4 is 27.3 Å². The minimum Gasteiger partial charge on any atom is -0.288 e. The zero-order chi connectivity index (χ0) is 14.3. The van der Waals surface area contributed by atoms with E-state index in [1.165, 1.54) is 4.40 Å². The van der Waals surface area contributed by atoms with Crippen molar-refractivity contribution < 1.29 is 8.42 Å². The van der Waals surface area contributed by atoms with Crippen LogP contribution in [-0.4, -0.2) is 23.3 Å². The Hall–Kier alpha value is -1.55. The predicted molar refractivity (Wildman–Crippen MR) is 73.4 cm³/mol. The summed E-state index contributed by atoms with van der Waals surface area (Å²) in [6.45, 7) is 3.17. The van der Waals surface area contributed by atoms with Gasteiger partial charge in [0.25, 0.3) is 10.0 Å². The topological polar surface area (TPSA) is 63.5 Å². The third-order valence-corrected chi connectivity index (χ3v) is 4.51. The summed E-state index contributed by atoms with van der Waals surface area (Å²) < 4.78 is 28.5. The van der Waals surface area contributed by atoms with E-state index in [-0.39, 0.29) is 10.2 Å². The second kappa shape index (κ2) is 4.53. The van der Waals surface area contributed by atoms with Gasteiger partial charge in [0.1, 0.15) is 5.65 Å². The highest BCUT2D eigenvalue weighted by Gasteiger charge is 2.29. The first-order valence-corrected chi connectivity index (χ1v) is 7.27. The Balaban J connectivity index is 2.62. The summed E-state index contributed by atoms with van der Waals surface area (Å²) in [4.78, 5) is 3.99. The summed E-state index contributed by atoms with van der Waals surface area (Å²) in [6.07, 6.45) is 6.86. The number of fused-ring (bicyclic) bond motifs is 1. The van der Waals surface area contributed by atoms with Crippen molar-refractivity contribution in [2.24, 2.45) is 0 Å². The van der Waals surface area contributed by atoms with Gasteiger partial charge in [-0.05, 0) is 26.0 Å². The molecule has 2 rings (SSSR count). The van der Waals surface area contributed by atoms with Gasteiger partial charge in [0.2, 0.25) is 0 Å². The summed E-state index contributed by atoms with van der Waals surface area (Å²) in [5.74, 6) is 2.36. The minimum absolute atomic E-state index is 0.0912. The van der Waals surface area contributed by atoms with Gasteiger partial charge in [0, 0.05) is 6.20 Å². The van der Waals surface area contributed by atoms with E-state index in [1.54, 1.807) is 38.2 Å². The second-order valence-electron chi connectivity index (χ2n) is 4.51. The fourth-order valence-electron chi connectivity index (χ4n) is 1.60. The lowest BCUT2D eigenvalue weighted by molar-refractivity contribution is 0.535. The molecule has 0 aliphatic heterocycles. The summed E-state index contributed by atoms with van der Waals surface area (Å²) in [7, 11) is -3.87. The molecular weight excluding hydrogens is 286 g/mol. The molecule has 0 radical (unpaired) electrons. The van der Waals surface area contributed by atoms with Gasteiger partial charge in [-0.3, -0.25) is 4.40 Å². The first-order valence-electron chi connectivity index (χ1n) is 5.41. The minimum atomic E-state index is -3.87. The van der Waals surface area contributed by atoms with Crippen LogP contribution in [0.3, 0.4) is 0 Å². The van der Waals surface area contributed by atoms with Gasteiger partial charge in [-0.25, -0.2) is 13.4 Å². The van der Waals surface area contributed by atoms with Crippen molar-refractivity contribution in [3.63, 3.8) is 0 Å².